The number of ether oxygens (including phenoxy) is 2. The summed E-state index contributed by atoms with van der Waals surface area (Å²) in [5.74, 6) is -0.200. The van der Waals surface area contributed by atoms with Crippen molar-refractivity contribution in [3.05, 3.63) is 33.8 Å². The summed E-state index contributed by atoms with van der Waals surface area (Å²) >= 11 is 11.8. The molecular formula is C11H12Cl2O3. The first kappa shape index (κ1) is 13.5. The van der Waals surface area contributed by atoms with Gasteiger partial charge >= 0.3 is 0 Å². The highest BCUT2D eigenvalue weighted by atomic mass is 35.5. The van der Waals surface area contributed by atoms with Gasteiger partial charge in [-0.25, -0.2) is 0 Å². The van der Waals surface area contributed by atoms with Crippen molar-refractivity contribution in [1.82, 2.24) is 0 Å². The Balaban J connectivity index is 2.80. The van der Waals surface area contributed by atoms with Gasteiger partial charge in [-0.15, -0.1) is 0 Å². The molecule has 0 aliphatic rings. The van der Waals surface area contributed by atoms with Crippen LogP contribution in [0.25, 0.3) is 0 Å². The van der Waals surface area contributed by atoms with Gasteiger partial charge in [0.2, 0.25) is 6.29 Å². The van der Waals surface area contributed by atoms with E-state index in [9.17, 15) is 4.79 Å². The number of rotatable bonds is 5. The van der Waals surface area contributed by atoms with E-state index in [1.54, 1.807) is 18.2 Å². The summed E-state index contributed by atoms with van der Waals surface area (Å²) in [6.07, 6.45) is -0.735. The molecule has 0 saturated heterocycles. The van der Waals surface area contributed by atoms with Crippen molar-refractivity contribution in [2.24, 2.45) is 0 Å². The number of ketones is 1. The van der Waals surface area contributed by atoms with Crippen LogP contribution in [0.1, 0.15) is 5.56 Å². The maximum atomic E-state index is 11.7. The molecule has 0 N–H and O–H groups in total. The number of carbonyl (C=O) groups is 1. The molecule has 0 aliphatic heterocycles. The van der Waals surface area contributed by atoms with Gasteiger partial charge < -0.3 is 9.47 Å². The number of methoxy groups -OCH3 is 2. The third-order valence-corrected chi connectivity index (χ3v) is 2.95. The first-order valence-corrected chi connectivity index (χ1v) is 5.37. The Labute approximate surface area is 104 Å². The number of hydrogen-bond donors (Lipinski definition) is 0. The van der Waals surface area contributed by atoms with E-state index in [0.29, 0.717) is 15.6 Å². The van der Waals surface area contributed by atoms with E-state index in [-0.39, 0.29) is 12.2 Å². The van der Waals surface area contributed by atoms with Crippen LogP contribution >= 0.6 is 23.2 Å². The van der Waals surface area contributed by atoms with Crippen LogP contribution in [0.15, 0.2) is 18.2 Å². The van der Waals surface area contributed by atoms with E-state index in [0.717, 1.165) is 0 Å². The number of benzene rings is 1. The number of Topliss-reactive ketones (excluding diaryl/α,β-unsaturated/α-hetero) is 1. The summed E-state index contributed by atoms with van der Waals surface area (Å²) in [5, 5.41) is 0.821. The molecule has 0 spiro atoms. The van der Waals surface area contributed by atoms with E-state index >= 15 is 0 Å². The van der Waals surface area contributed by atoms with Crippen LogP contribution in [0.3, 0.4) is 0 Å². The molecule has 3 nitrogen and oxygen atoms in total. The molecule has 0 saturated carbocycles. The maximum Gasteiger partial charge on any atom is 0.217 e. The van der Waals surface area contributed by atoms with Gasteiger partial charge in [-0.05, 0) is 11.6 Å². The quantitative estimate of drug-likeness (QED) is 0.766. The molecule has 0 aliphatic carbocycles. The van der Waals surface area contributed by atoms with Crippen LogP contribution < -0.4 is 0 Å². The smallest absolute Gasteiger partial charge is 0.217 e. The molecule has 0 aromatic heterocycles. The van der Waals surface area contributed by atoms with Crippen LogP contribution in [-0.2, 0) is 20.7 Å². The molecule has 1 aromatic carbocycles. The lowest BCUT2D eigenvalue weighted by molar-refractivity contribution is -0.155. The molecule has 0 fully saturated rings. The van der Waals surface area contributed by atoms with Crippen molar-refractivity contribution in [3.63, 3.8) is 0 Å². The van der Waals surface area contributed by atoms with E-state index in [4.69, 9.17) is 32.7 Å². The number of carbonyl (C=O) groups excluding carboxylic acids is 1. The zero-order valence-corrected chi connectivity index (χ0v) is 10.5. The Bertz CT molecular complexity index is 375. The van der Waals surface area contributed by atoms with Gasteiger partial charge in [-0.3, -0.25) is 4.79 Å². The zero-order chi connectivity index (χ0) is 12.1. The van der Waals surface area contributed by atoms with Crippen molar-refractivity contribution >= 4 is 29.0 Å². The minimum absolute atomic E-state index is 0.131. The predicted molar refractivity (Wildman–Crippen MR) is 63.0 cm³/mol. The van der Waals surface area contributed by atoms with Gasteiger partial charge in [0.25, 0.3) is 0 Å². The second kappa shape index (κ2) is 6.21. The van der Waals surface area contributed by atoms with Gasteiger partial charge in [0.15, 0.2) is 5.78 Å². The van der Waals surface area contributed by atoms with Crippen LogP contribution in [0.2, 0.25) is 10.0 Å². The topological polar surface area (TPSA) is 35.5 Å². The highest BCUT2D eigenvalue weighted by Gasteiger charge is 2.18. The number of hydrogen-bond acceptors (Lipinski definition) is 3. The van der Waals surface area contributed by atoms with Crippen LogP contribution in [0.4, 0.5) is 0 Å². The molecule has 0 heterocycles. The predicted octanol–water partition coefficient (Wildman–Crippen LogP) is 2.72. The van der Waals surface area contributed by atoms with E-state index in [1.165, 1.54) is 14.2 Å². The molecule has 1 rings (SSSR count). The molecular weight excluding hydrogens is 251 g/mol. The summed E-state index contributed by atoms with van der Waals surface area (Å²) in [5.41, 5.74) is 0.665. The second-order valence-electron chi connectivity index (χ2n) is 3.16. The third-order valence-electron chi connectivity index (χ3n) is 2.09. The summed E-state index contributed by atoms with van der Waals surface area (Å²) in [6, 6.07) is 5.15. The fourth-order valence-corrected chi connectivity index (χ4v) is 1.70. The Kier molecular flexibility index (Phi) is 5.22. The fourth-order valence-electron chi connectivity index (χ4n) is 1.32. The SMILES string of the molecule is COC(OC)C(=O)Cc1cccc(Cl)c1Cl. The lowest BCUT2D eigenvalue weighted by Crippen LogP contribution is -2.26. The van der Waals surface area contributed by atoms with Crippen molar-refractivity contribution in [1.29, 1.82) is 0 Å². The third kappa shape index (κ3) is 3.19. The highest BCUT2D eigenvalue weighted by Crippen LogP contribution is 2.26. The Morgan fingerprint density at radius 3 is 2.50 bits per heavy atom. The lowest BCUT2D eigenvalue weighted by atomic mass is 10.1. The normalized spacial score (nSPS) is 10.8. The van der Waals surface area contributed by atoms with E-state index in [1.807, 2.05) is 0 Å². The molecule has 0 amide bonds. The van der Waals surface area contributed by atoms with Gasteiger partial charge in [0, 0.05) is 20.6 Å². The fraction of sp³-hybridized carbons (Fsp3) is 0.364. The molecule has 16 heavy (non-hydrogen) atoms. The Morgan fingerprint density at radius 1 is 1.31 bits per heavy atom. The Morgan fingerprint density at radius 2 is 1.94 bits per heavy atom. The van der Waals surface area contributed by atoms with Crippen LogP contribution in [0, 0.1) is 0 Å². The van der Waals surface area contributed by atoms with Gasteiger partial charge in [-0.2, -0.15) is 0 Å². The first-order chi connectivity index (χ1) is 7.60. The largest absolute Gasteiger partial charge is 0.349 e. The minimum Gasteiger partial charge on any atom is -0.349 e. The molecule has 88 valence electrons. The van der Waals surface area contributed by atoms with Gasteiger partial charge in [-0.1, -0.05) is 35.3 Å². The lowest BCUT2D eigenvalue weighted by Gasteiger charge is -2.12. The summed E-state index contributed by atoms with van der Waals surface area (Å²) in [7, 11) is 2.82. The van der Waals surface area contributed by atoms with E-state index < -0.39 is 6.29 Å². The second-order valence-corrected chi connectivity index (χ2v) is 3.94. The average Bonchev–Trinajstić information content (AvgIpc) is 2.26. The van der Waals surface area contributed by atoms with Crippen molar-refractivity contribution in [2.75, 3.05) is 14.2 Å². The van der Waals surface area contributed by atoms with E-state index in [2.05, 4.69) is 0 Å². The minimum atomic E-state index is -0.866. The molecule has 0 unspecified atom stereocenters. The molecule has 0 bridgehead atoms. The summed E-state index contributed by atoms with van der Waals surface area (Å²) in [4.78, 5) is 11.7. The van der Waals surface area contributed by atoms with Crippen LogP contribution in [0.5, 0.6) is 0 Å². The Hall–Kier alpha value is -0.610. The molecule has 1 aromatic rings. The van der Waals surface area contributed by atoms with Crippen molar-refractivity contribution in [3.8, 4) is 0 Å². The van der Waals surface area contributed by atoms with Crippen molar-refractivity contribution < 1.29 is 14.3 Å². The van der Waals surface area contributed by atoms with Gasteiger partial charge in [0.1, 0.15) is 0 Å². The zero-order valence-electron chi connectivity index (χ0n) is 9.00. The highest BCUT2D eigenvalue weighted by molar-refractivity contribution is 6.42. The summed E-state index contributed by atoms with van der Waals surface area (Å²) in [6.45, 7) is 0. The summed E-state index contributed by atoms with van der Waals surface area (Å²) < 4.78 is 9.71. The molecule has 0 atom stereocenters. The average molecular weight is 263 g/mol. The standard InChI is InChI=1S/C11H12Cl2O3/c1-15-11(16-2)9(14)6-7-4-3-5-8(12)10(7)13/h3-5,11H,6H2,1-2H3. The van der Waals surface area contributed by atoms with Crippen molar-refractivity contribution in [2.45, 2.75) is 12.7 Å². The molecule has 5 heteroatoms. The van der Waals surface area contributed by atoms with Crippen LogP contribution in [-0.4, -0.2) is 26.3 Å². The first-order valence-electron chi connectivity index (χ1n) is 4.61. The molecule has 0 radical (unpaired) electrons. The maximum absolute atomic E-state index is 11.7. The number of halogens is 2. The monoisotopic (exact) mass is 262 g/mol. The van der Waals surface area contributed by atoms with Gasteiger partial charge in [0.05, 0.1) is 10.0 Å².